The molecule has 0 saturated heterocycles. The number of amides is 2. The number of primary amides is 1. The molecule has 4 heteroatoms. The average molecular weight is 276 g/mol. The number of rotatable bonds is 9. The van der Waals surface area contributed by atoms with Crippen molar-refractivity contribution in [2.24, 2.45) is 5.73 Å². The Morgan fingerprint density at radius 2 is 1.75 bits per heavy atom. The summed E-state index contributed by atoms with van der Waals surface area (Å²) in [5.74, 6) is -0.250. The zero-order valence-corrected chi connectivity index (χ0v) is 12.1. The Bertz CT molecular complexity index is 418. The molecule has 1 unspecified atom stereocenters. The van der Waals surface area contributed by atoms with E-state index < -0.39 is 0 Å². The summed E-state index contributed by atoms with van der Waals surface area (Å²) in [6, 6.07) is 9.40. The van der Waals surface area contributed by atoms with Crippen molar-refractivity contribution in [1.29, 1.82) is 0 Å². The molecule has 0 aliphatic heterocycles. The number of nitrogens with one attached hydrogen (secondary N) is 1. The molecule has 3 N–H and O–H groups in total. The summed E-state index contributed by atoms with van der Waals surface area (Å²) in [4.78, 5) is 22.5. The summed E-state index contributed by atoms with van der Waals surface area (Å²) in [6.07, 6.45) is 5.42. The maximum Gasteiger partial charge on any atom is 0.251 e. The van der Waals surface area contributed by atoms with Gasteiger partial charge >= 0.3 is 0 Å². The minimum absolute atomic E-state index is 0.0215. The van der Waals surface area contributed by atoms with Crippen LogP contribution in [0.15, 0.2) is 30.3 Å². The quantitative estimate of drug-likeness (QED) is 0.680. The van der Waals surface area contributed by atoms with Crippen molar-refractivity contribution in [3.63, 3.8) is 0 Å². The molecule has 0 aliphatic rings. The molecule has 0 bridgehead atoms. The van der Waals surface area contributed by atoms with Crippen LogP contribution in [-0.2, 0) is 4.79 Å². The van der Waals surface area contributed by atoms with Crippen molar-refractivity contribution in [1.82, 2.24) is 5.32 Å². The summed E-state index contributed by atoms with van der Waals surface area (Å²) in [5.41, 5.74) is 5.77. The van der Waals surface area contributed by atoms with Crippen LogP contribution in [0.3, 0.4) is 0 Å². The largest absolute Gasteiger partial charge is 0.370 e. The van der Waals surface area contributed by atoms with Crippen LogP contribution in [0.1, 0.15) is 55.8 Å². The van der Waals surface area contributed by atoms with Gasteiger partial charge in [0.2, 0.25) is 5.91 Å². The molecule has 0 aromatic heterocycles. The van der Waals surface area contributed by atoms with Crippen LogP contribution >= 0.6 is 0 Å². The maximum atomic E-state index is 11.9. The van der Waals surface area contributed by atoms with Gasteiger partial charge in [-0.15, -0.1) is 0 Å². The summed E-state index contributed by atoms with van der Waals surface area (Å²) in [7, 11) is 0. The third kappa shape index (κ3) is 6.92. The van der Waals surface area contributed by atoms with Crippen molar-refractivity contribution in [2.75, 3.05) is 0 Å². The second-order valence-electron chi connectivity index (χ2n) is 5.16. The molecule has 0 heterocycles. The van der Waals surface area contributed by atoms with E-state index in [1.54, 1.807) is 0 Å². The van der Waals surface area contributed by atoms with E-state index in [2.05, 4.69) is 5.32 Å². The first kappa shape index (κ1) is 16.2. The lowest BCUT2D eigenvalue weighted by atomic mass is 10.1. The Balaban J connectivity index is 2.13. The summed E-state index contributed by atoms with van der Waals surface area (Å²) in [5, 5.41) is 2.99. The highest BCUT2D eigenvalue weighted by Gasteiger charge is 2.08. The van der Waals surface area contributed by atoms with Crippen molar-refractivity contribution < 1.29 is 9.59 Å². The normalized spacial score (nSPS) is 11.8. The first-order valence-electron chi connectivity index (χ1n) is 7.24. The van der Waals surface area contributed by atoms with Gasteiger partial charge in [0.15, 0.2) is 0 Å². The first-order chi connectivity index (χ1) is 9.59. The Kier molecular flexibility index (Phi) is 7.40. The van der Waals surface area contributed by atoms with Crippen molar-refractivity contribution in [2.45, 2.75) is 51.5 Å². The standard InChI is InChI=1S/C16H24N2O2/c1-13(9-5-2-3-8-12-15(17)19)18-16(20)14-10-6-4-7-11-14/h4,6-7,10-11,13H,2-3,5,8-9,12H2,1H3,(H2,17,19)(H,18,20). The molecule has 1 aromatic rings. The second kappa shape index (κ2) is 9.13. The van der Waals surface area contributed by atoms with Crippen LogP contribution in [0.4, 0.5) is 0 Å². The van der Waals surface area contributed by atoms with Crippen molar-refractivity contribution in [3.8, 4) is 0 Å². The van der Waals surface area contributed by atoms with E-state index in [1.165, 1.54) is 0 Å². The molecule has 1 atom stereocenters. The van der Waals surface area contributed by atoms with E-state index in [0.717, 1.165) is 32.1 Å². The molecule has 110 valence electrons. The lowest BCUT2D eigenvalue weighted by molar-refractivity contribution is -0.118. The van der Waals surface area contributed by atoms with Crippen LogP contribution < -0.4 is 11.1 Å². The van der Waals surface area contributed by atoms with Gasteiger partial charge in [-0.3, -0.25) is 9.59 Å². The molecule has 2 amide bonds. The molecule has 0 aliphatic carbocycles. The van der Waals surface area contributed by atoms with Gasteiger partial charge < -0.3 is 11.1 Å². The number of carbonyl (C=O) groups excluding carboxylic acids is 2. The molecule has 1 aromatic carbocycles. The van der Waals surface area contributed by atoms with Gasteiger partial charge in [0.05, 0.1) is 0 Å². The van der Waals surface area contributed by atoms with Crippen molar-refractivity contribution >= 4 is 11.8 Å². The minimum atomic E-state index is -0.228. The van der Waals surface area contributed by atoms with Gasteiger partial charge in [-0.1, -0.05) is 37.5 Å². The number of hydrogen-bond donors (Lipinski definition) is 2. The van der Waals surface area contributed by atoms with Crippen LogP contribution in [0.2, 0.25) is 0 Å². The van der Waals surface area contributed by atoms with Gasteiger partial charge in [0.25, 0.3) is 5.91 Å². The lowest BCUT2D eigenvalue weighted by Gasteiger charge is -2.13. The molecule has 0 spiro atoms. The zero-order chi connectivity index (χ0) is 14.8. The predicted octanol–water partition coefficient (Wildman–Crippen LogP) is 2.63. The molecule has 0 fully saturated rings. The highest BCUT2D eigenvalue weighted by atomic mass is 16.2. The van der Waals surface area contributed by atoms with Gasteiger partial charge in [-0.25, -0.2) is 0 Å². The number of hydrogen-bond acceptors (Lipinski definition) is 2. The van der Waals surface area contributed by atoms with Crippen LogP contribution in [0.5, 0.6) is 0 Å². The number of carbonyl (C=O) groups is 2. The van der Waals surface area contributed by atoms with E-state index in [4.69, 9.17) is 5.73 Å². The highest BCUT2D eigenvalue weighted by molar-refractivity contribution is 5.94. The number of unbranched alkanes of at least 4 members (excludes halogenated alkanes) is 3. The predicted molar refractivity (Wildman–Crippen MR) is 80.3 cm³/mol. The Morgan fingerprint density at radius 3 is 2.40 bits per heavy atom. The summed E-state index contributed by atoms with van der Waals surface area (Å²) in [6.45, 7) is 2.02. The third-order valence-corrected chi connectivity index (χ3v) is 3.22. The van der Waals surface area contributed by atoms with Crippen LogP contribution in [0.25, 0.3) is 0 Å². The molecule has 0 radical (unpaired) electrons. The zero-order valence-electron chi connectivity index (χ0n) is 12.1. The van der Waals surface area contributed by atoms with Crippen LogP contribution in [-0.4, -0.2) is 17.9 Å². The third-order valence-electron chi connectivity index (χ3n) is 3.22. The monoisotopic (exact) mass is 276 g/mol. The molecule has 1 rings (SSSR count). The van der Waals surface area contributed by atoms with E-state index in [0.29, 0.717) is 12.0 Å². The van der Waals surface area contributed by atoms with E-state index in [-0.39, 0.29) is 17.9 Å². The fraction of sp³-hybridized carbons (Fsp3) is 0.500. The van der Waals surface area contributed by atoms with Gasteiger partial charge in [-0.05, 0) is 31.9 Å². The smallest absolute Gasteiger partial charge is 0.251 e. The van der Waals surface area contributed by atoms with E-state index in [1.807, 2.05) is 37.3 Å². The fourth-order valence-corrected chi connectivity index (χ4v) is 2.07. The molecular weight excluding hydrogens is 252 g/mol. The average Bonchev–Trinajstić information content (AvgIpc) is 2.43. The second-order valence-corrected chi connectivity index (χ2v) is 5.16. The molecule has 0 saturated carbocycles. The molecule has 20 heavy (non-hydrogen) atoms. The van der Waals surface area contributed by atoms with E-state index >= 15 is 0 Å². The molecular formula is C16H24N2O2. The number of nitrogens with two attached hydrogens (primary N) is 1. The SMILES string of the molecule is CC(CCCCCCC(N)=O)NC(=O)c1ccccc1. The highest BCUT2D eigenvalue weighted by Crippen LogP contribution is 2.08. The summed E-state index contributed by atoms with van der Waals surface area (Å²) >= 11 is 0. The molecule has 4 nitrogen and oxygen atoms in total. The minimum Gasteiger partial charge on any atom is -0.370 e. The summed E-state index contributed by atoms with van der Waals surface area (Å²) < 4.78 is 0. The Hall–Kier alpha value is -1.84. The van der Waals surface area contributed by atoms with Gasteiger partial charge in [-0.2, -0.15) is 0 Å². The van der Waals surface area contributed by atoms with Crippen LogP contribution in [0, 0.1) is 0 Å². The fourth-order valence-electron chi connectivity index (χ4n) is 2.07. The first-order valence-corrected chi connectivity index (χ1v) is 7.24. The van der Waals surface area contributed by atoms with Gasteiger partial charge in [0.1, 0.15) is 0 Å². The topological polar surface area (TPSA) is 72.2 Å². The maximum absolute atomic E-state index is 11.9. The Morgan fingerprint density at radius 1 is 1.10 bits per heavy atom. The lowest BCUT2D eigenvalue weighted by Crippen LogP contribution is -2.32. The van der Waals surface area contributed by atoms with Gasteiger partial charge in [0, 0.05) is 18.0 Å². The van der Waals surface area contributed by atoms with Crippen molar-refractivity contribution in [3.05, 3.63) is 35.9 Å². The number of benzene rings is 1. The Labute approximate surface area is 120 Å². The van der Waals surface area contributed by atoms with E-state index in [9.17, 15) is 9.59 Å².